The van der Waals surface area contributed by atoms with Crippen molar-refractivity contribution in [3.05, 3.63) is 29.3 Å². The number of likely N-dealkylation sites (N-methyl/N-ethyl adjacent to an activating group) is 1. The lowest BCUT2D eigenvalue weighted by molar-refractivity contribution is 0.154. The largest absolute Gasteiger partial charge is 0.380 e. The van der Waals surface area contributed by atoms with Gasteiger partial charge >= 0.3 is 0 Å². The van der Waals surface area contributed by atoms with Gasteiger partial charge in [0.1, 0.15) is 0 Å². The Morgan fingerprint density at radius 1 is 1.28 bits per heavy atom. The Bertz CT molecular complexity index is 352. The van der Waals surface area contributed by atoms with Crippen LogP contribution in [0.4, 0.5) is 5.69 Å². The quantitative estimate of drug-likeness (QED) is 0.718. The van der Waals surface area contributed by atoms with E-state index in [9.17, 15) is 0 Å². The van der Waals surface area contributed by atoms with E-state index in [1.165, 1.54) is 16.8 Å². The summed E-state index contributed by atoms with van der Waals surface area (Å²) in [5.41, 5.74) is 3.96. The van der Waals surface area contributed by atoms with Gasteiger partial charge in [0, 0.05) is 32.4 Å². The van der Waals surface area contributed by atoms with Gasteiger partial charge in [-0.2, -0.15) is 0 Å². The summed E-state index contributed by atoms with van der Waals surface area (Å²) in [6, 6.07) is 6.63. The number of nitrogens with zero attached hydrogens (tertiary/aromatic N) is 1. The van der Waals surface area contributed by atoms with E-state index >= 15 is 0 Å². The van der Waals surface area contributed by atoms with Crippen LogP contribution in [0.2, 0.25) is 0 Å². The Kier molecular flexibility index (Phi) is 6.76. The van der Waals surface area contributed by atoms with Gasteiger partial charge in [-0.1, -0.05) is 24.6 Å². The van der Waals surface area contributed by atoms with E-state index in [0.29, 0.717) is 0 Å². The molecule has 0 aromatic heterocycles. The van der Waals surface area contributed by atoms with Crippen molar-refractivity contribution >= 4 is 5.69 Å². The average Bonchev–Trinajstić information content (AvgIpc) is 2.36. The molecule has 0 saturated carbocycles. The fourth-order valence-corrected chi connectivity index (χ4v) is 1.95. The van der Waals surface area contributed by atoms with Crippen molar-refractivity contribution < 1.29 is 4.74 Å². The first kappa shape index (κ1) is 15.0. The Balaban J connectivity index is 2.72. The smallest absolute Gasteiger partial charge is 0.0641 e. The van der Waals surface area contributed by atoms with Crippen molar-refractivity contribution in [2.75, 3.05) is 38.3 Å². The minimum Gasteiger partial charge on any atom is -0.380 e. The predicted molar refractivity (Wildman–Crippen MR) is 78.3 cm³/mol. The molecule has 0 aliphatic carbocycles. The molecule has 0 radical (unpaired) electrons. The zero-order valence-corrected chi connectivity index (χ0v) is 12.1. The number of hydrogen-bond acceptors (Lipinski definition) is 3. The van der Waals surface area contributed by atoms with Crippen LogP contribution in [-0.4, -0.2) is 33.4 Å². The highest BCUT2D eigenvalue weighted by molar-refractivity contribution is 5.54. The van der Waals surface area contributed by atoms with Crippen LogP contribution in [0.15, 0.2) is 18.2 Å². The van der Waals surface area contributed by atoms with Crippen LogP contribution in [0.25, 0.3) is 0 Å². The molecular weight excluding hydrogens is 224 g/mol. The lowest BCUT2D eigenvalue weighted by Gasteiger charge is -2.23. The molecule has 0 aliphatic rings. The first-order chi connectivity index (χ1) is 8.69. The number of aryl methyl sites for hydroxylation is 1. The average molecular weight is 250 g/mol. The van der Waals surface area contributed by atoms with Crippen molar-refractivity contribution in [3.63, 3.8) is 0 Å². The van der Waals surface area contributed by atoms with E-state index in [1.54, 1.807) is 0 Å². The molecular formula is C15H26N2O. The van der Waals surface area contributed by atoms with Crippen LogP contribution in [0.3, 0.4) is 0 Å². The molecule has 1 aromatic carbocycles. The van der Waals surface area contributed by atoms with Crippen LogP contribution in [-0.2, 0) is 11.3 Å². The predicted octanol–water partition coefficient (Wildman–Crippen LogP) is 2.58. The molecule has 1 N–H and O–H groups in total. The van der Waals surface area contributed by atoms with Gasteiger partial charge in [-0.25, -0.2) is 0 Å². The molecule has 0 heterocycles. The highest BCUT2D eigenvalue weighted by Crippen LogP contribution is 2.20. The standard InChI is InChI=1S/C15H26N2O/c1-5-16-12-14-11-13(3)7-8-15(14)17(4)9-10-18-6-2/h7-8,11,16H,5-6,9-10,12H2,1-4H3. The molecule has 1 rings (SSSR count). The molecule has 1 aromatic rings. The molecule has 0 spiro atoms. The van der Waals surface area contributed by atoms with Gasteiger partial charge in [0.25, 0.3) is 0 Å². The van der Waals surface area contributed by atoms with Gasteiger partial charge in [-0.15, -0.1) is 0 Å². The van der Waals surface area contributed by atoms with E-state index in [-0.39, 0.29) is 0 Å². The van der Waals surface area contributed by atoms with E-state index in [2.05, 4.69) is 49.3 Å². The second-order valence-electron chi connectivity index (χ2n) is 4.53. The van der Waals surface area contributed by atoms with Gasteiger partial charge < -0.3 is 15.0 Å². The first-order valence-corrected chi connectivity index (χ1v) is 6.78. The lowest BCUT2D eigenvalue weighted by Crippen LogP contribution is -2.25. The minimum atomic E-state index is 0.779. The molecule has 0 saturated heterocycles. The molecule has 0 unspecified atom stereocenters. The van der Waals surface area contributed by atoms with E-state index < -0.39 is 0 Å². The highest BCUT2D eigenvalue weighted by Gasteiger charge is 2.07. The molecule has 102 valence electrons. The van der Waals surface area contributed by atoms with Crippen LogP contribution in [0.5, 0.6) is 0 Å². The summed E-state index contributed by atoms with van der Waals surface area (Å²) < 4.78 is 5.41. The number of anilines is 1. The lowest BCUT2D eigenvalue weighted by atomic mass is 10.1. The molecule has 3 heteroatoms. The summed E-state index contributed by atoms with van der Waals surface area (Å²) in [6.07, 6.45) is 0. The molecule has 0 bridgehead atoms. The van der Waals surface area contributed by atoms with Crippen LogP contribution < -0.4 is 10.2 Å². The summed E-state index contributed by atoms with van der Waals surface area (Å²) in [7, 11) is 2.12. The number of rotatable bonds is 8. The maximum Gasteiger partial charge on any atom is 0.0641 e. The number of nitrogens with one attached hydrogen (secondary N) is 1. The van der Waals surface area contributed by atoms with Crippen molar-refractivity contribution in [3.8, 4) is 0 Å². The summed E-state index contributed by atoms with van der Waals surface area (Å²) >= 11 is 0. The monoisotopic (exact) mass is 250 g/mol. The fourth-order valence-electron chi connectivity index (χ4n) is 1.95. The second-order valence-corrected chi connectivity index (χ2v) is 4.53. The maximum absolute atomic E-state index is 5.41. The number of benzene rings is 1. The summed E-state index contributed by atoms with van der Waals surface area (Å²) in [5.74, 6) is 0. The highest BCUT2D eigenvalue weighted by atomic mass is 16.5. The molecule has 3 nitrogen and oxygen atoms in total. The molecule has 18 heavy (non-hydrogen) atoms. The zero-order valence-electron chi connectivity index (χ0n) is 12.1. The topological polar surface area (TPSA) is 24.5 Å². The summed E-state index contributed by atoms with van der Waals surface area (Å²) in [5, 5.41) is 3.40. The van der Waals surface area contributed by atoms with Crippen LogP contribution >= 0.6 is 0 Å². The third-order valence-corrected chi connectivity index (χ3v) is 2.99. The first-order valence-electron chi connectivity index (χ1n) is 6.78. The number of hydrogen-bond donors (Lipinski definition) is 1. The molecule has 0 fully saturated rings. The molecule has 0 amide bonds. The third kappa shape index (κ3) is 4.67. The van der Waals surface area contributed by atoms with Crippen molar-refractivity contribution in [1.29, 1.82) is 0 Å². The second kappa shape index (κ2) is 8.11. The van der Waals surface area contributed by atoms with Crippen molar-refractivity contribution in [2.45, 2.75) is 27.3 Å². The Hall–Kier alpha value is -1.06. The van der Waals surface area contributed by atoms with Crippen molar-refractivity contribution in [1.82, 2.24) is 5.32 Å². The van der Waals surface area contributed by atoms with Crippen LogP contribution in [0, 0.1) is 6.92 Å². The molecule has 0 atom stereocenters. The van der Waals surface area contributed by atoms with Gasteiger partial charge in [0.2, 0.25) is 0 Å². The Morgan fingerprint density at radius 2 is 2.06 bits per heavy atom. The Labute approximate surface area is 111 Å². The summed E-state index contributed by atoms with van der Waals surface area (Å²) in [6.45, 7) is 10.7. The minimum absolute atomic E-state index is 0.779. The zero-order chi connectivity index (χ0) is 13.4. The van der Waals surface area contributed by atoms with Gasteiger partial charge in [0.15, 0.2) is 0 Å². The maximum atomic E-state index is 5.41. The fraction of sp³-hybridized carbons (Fsp3) is 0.600. The van der Waals surface area contributed by atoms with Gasteiger partial charge in [-0.05, 0) is 32.0 Å². The Morgan fingerprint density at radius 3 is 2.72 bits per heavy atom. The number of ether oxygens (including phenoxy) is 1. The third-order valence-electron chi connectivity index (χ3n) is 2.99. The van der Waals surface area contributed by atoms with E-state index in [4.69, 9.17) is 4.74 Å². The SMILES string of the molecule is CCNCc1cc(C)ccc1N(C)CCOCC. The van der Waals surface area contributed by atoms with Crippen molar-refractivity contribution in [2.24, 2.45) is 0 Å². The molecule has 0 aliphatic heterocycles. The normalized spacial score (nSPS) is 10.7. The van der Waals surface area contributed by atoms with Crippen LogP contribution in [0.1, 0.15) is 25.0 Å². The van der Waals surface area contributed by atoms with E-state index in [0.717, 1.165) is 32.8 Å². The van der Waals surface area contributed by atoms with E-state index in [1.807, 2.05) is 6.92 Å². The summed E-state index contributed by atoms with van der Waals surface area (Å²) in [4.78, 5) is 2.27. The van der Waals surface area contributed by atoms with Gasteiger partial charge in [0.05, 0.1) is 6.61 Å². The van der Waals surface area contributed by atoms with Gasteiger partial charge in [-0.3, -0.25) is 0 Å².